The van der Waals surface area contributed by atoms with Gasteiger partial charge in [-0.3, -0.25) is 20.4 Å². The molecule has 0 unspecified atom stereocenters. The van der Waals surface area contributed by atoms with Crippen LogP contribution in [0, 0.1) is 16.2 Å². The zero-order valence-corrected chi connectivity index (χ0v) is 15.1. The zero-order valence-electron chi connectivity index (χ0n) is 15.1. The molecule has 0 bridgehead atoms. The minimum Gasteiger partial charge on any atom is -0.351 e. The molecule has 0 radical (unpaired) electrons. The topological polar surface area (TPSA) is 147 Å². The number of hydrazine groups is 2. The molecule has 10 heteroatoms. The summed E-state index contributed by atoms with van der Waals surface area (Å²) in [4.78, 5) is 23.7. The predicted octanol–water partition coefficient (Wildman–Crippen LogP) is -1.25. The fraction of sp³-hybridized carbons (Fsp3) is 0.867. The predicted molar refractivity (Wildman–Crippen MR) is 86.0 cm³/mol. The maximum atomic E-state index is 11.9. The summed E-state index contributed by atoms with van der Waals surface area (Å²) in [7, 11) is 0. The average molecular weight is 360 g/mol. The second kappa shape index (κ2) is 7.14. The molecule has 0 atom stereocenters. The molecule has 0 saturated carbocycles. The van der Waals surface area contributed by atoms with E-state index in [0.29, 0.717) is 26.4 Å². The van der Waals surface area contributed by atoms with Crippen molar-refractivity contribution in [3.8, 4) is 0 Å². The molecular formula is C15H28N4O6. The van der Waals surface area contributed by atoms with Crippen LogP contribution in [0.4, 0.5) is 0 Å². The first-order valence-electron chi connectivity index (χ1n) is 8.07. The number of nitrogens with two attached hydrogens (primary N) is 2. The first-order chi connectivity index (χ1) is 11.6. The number of carbonyl (C=O) groups is 2. The fourth-order valence-electron chi connectivity index (χ4n) is 2.78. The molecule has 144 valence electrons. The Morgan fingerprint density at radius 3 is 1.32 bits per heavy atom. The van der Waals surface area contributed by atoms with E-state index in [-0.39, 0.29) is 11.8 Å². The van der Waals surface area contributed by atoms with Crippen LogP contribution in [0.2, 0.25) is 0 Å². The van der Waals surface area contributed by atoms with Crippen molar-refractivity contribution in [1.29, 1.82) is 0 Å². The van der Waals surface area contributed by atoms with Crippen LogP contribution in [0.25, 0.3) is 0 Å². The number of hydrogen-bond acceptors (Lipinski definition) is 8. The van der Waals surface area contributed by atoms with Crippen molar-refractivity contribution >= 4 is 11.8 Å². The highest BCUT2D eigenvalue weighted by Gasteiger charge is 2.50. The van der Waals surface area contributed by atoms with E-state index in [2.05, 4.69) is 10.9 Å². The third-order valence-corrected chi connectivity index (χ3v) is 4.77. The molecule has 2 aliphatic rings. The molecular weight excluding hydrogens is 332 g/mol. The first kappa shape index (κ1) is 20.0. The van der Waals surface area contributed by atoms with Crippen molar-refractivity contribution < 1.29 is 28.5 Å². The summed E-state index contributed by atoms with van der Waals surface area (Å²) in [5, 5.41) is 0. The lowest BCUT2D eigenvalue weighted by Crippen LogP contribution is -2.59. The van der Waals surface area contributed by atoms with E-state index in [1.807, 2.05) is 0 Å². The third-order valence-electron chi connectivity index (χ3n) is 4.77. The normalized spacial score (nSPS) is 30.8. The van der Waals surface area contributed by atoms with E-state index in [0.717, 1.165) is 0 Å². The van der Waals surface area contributed by atoms with Gasteiger partial charge in [0.05, 0.1) is 42.7 Å². The molecule has 25 heavy (non-hydrogen) atoms. The van der Waals surface area contributed by atoms with E-state index in [1.165, 1.54) is 0 Å². The first-order valence-corrected chi connectivity index (χ1v) is 8.07. The van der Waals surface area contributed by atoms with Crippen molar-refractivity contribution in [3.63, 3.8) is 0 Å². The van der Waals surface area contributed by atoms with Gasteiger partial charge in [-0.05, 0) is 27.7 Å². The Labute approximate surface area is 146 Å². The summed E-state index contributed by atoms with van der Waals surface area (Å²) in [6, 6.07) is 0. The number of ether oxygens (including phenoxy) is 4. The lowest BCUT2D eigenvalue weighted by Gasteiger charge is -2.48. The molecule has 2 rings (SSSR count). The van der Waals surface area contributed by atoms with E-state index >= 15 is 0 Å². The van der Waals surface area contributed by atoms with Gasteiger partial charge in [0.25, 0.3) is 0 Å². The molecule has 2 saturated heterocycles. The summed E-state index contributed by atoms with van der Waals surface area (Å²) >= 11 is 0. The van der Waals surface area contributed by atoms with E-state index in [9.17, 15) is 9.59 Å². The smallest absolute Gasteiger partial charge is 0.244 e. The number of carbonyl (C=O) groups excluding carboxylic acids is 2. The molecule has 6 N–H and O–H groups in total. The number of hydrogen-bond donors (Lipinski definition) is 4. The van der Waals surface area contributed by atoms with Crippen molar-refractivity contribution in [1.82, 2.24) is 10.9 Å². The Morgan fingerprint density at radius 1 is 0.800 bits per heavy atom. The Balaban J connectivity index is 1.94. The SMILES string of the molecule is CC(C)(C(=O)NN)C1OCC2(CO1)COC(C(C)(C)C(=O)NN)OC2. The van der Waals surface area contributed by atoms with Crippen LogP contribution < -0.4 is 22.5 Å². The summed E-state index contributed by atoms with van der Waals surface area (Å²) in [5.74, 6) is 9.65. The lowest BCUT2D eigenvalue weighted by atomic mass is 9.85. The molecule has 2 aliphatic heterocycles. The summed E-state index contributed by atoms with van der Waals surface area (Å²) in [5.41, 5.74) is 1.87. The number of nitrogens with one attached hydrogen (secondary N) is 2. The second-order valence-corrected chi connectivity index (χ2v) is 7.80. The van der Waals surface area contributed by atoms with Crippen LogP contribution in [0.3, 0.4) is 0 Å². The van der Waals surface area contributed by atoms with Crippen molar-refractivity contribution in [2.45, 2.75) is 40.3 Å². The monoisotopic (exact) mass is 360 g/mol. The lowest BCUT2D eigenvalue weighted by molar-refractivity contribution is -0.328. The van der Waals surface area contributed by atoms with Crippen molar-refractivity contribution in [2.75, 3.05) is 26.4 Å². The maximum Gasteiger partial charge on any atom is 0.244 e. The van der Waals surface area contributed by atoms with Crippen LogP contribution in [0.5, 0.6) is 0 Å². The molecule has 2 fully saturated rings. The van der Waals surface area contributed by atoms with Gasteiger partial charge in [0.1, 0.15) is 0 Å². The summed E-state index contributed by atoms with van der Waals surface area (Å²) in [6.45, 7) is 7.96. The van der Waals surface area contributed by atoms with Gasteiger partial charge in [-0.2, -0.15) is 0 Å². The molecule has 2 heterocycles. The average Bonchev–Trinajstić information content (AvgIpc) is 2.60. The van der Waals surface area contributed by atoms with Gasteiger partial charge in [-0.1, -0.05) is 0 Å². The van der Waals surface area contributed by atoms with Gasteiger partial charge in [0, 0.05) is 0 Å². The molecule has 10 nitrogen and oxygen atoms in total. The maximum absolute atomic E-state index is 11.9. The highest BCUT2D eigenvalue weighted by molar-refractivity contribution is 5.82. The van der Waals surface area contributed by atoms with Crippen LogP contribution >= 0.6 is 0 Å². The van der Waals surface area contributed by atoms with Gasteiger partial charge < -0.3 is 18.9 Å². The minimum absolute atomic E-state index is 0.301. The molecule has 0 aromatic rings. The highest BCUT2D eigenvalue weighted by atomic mass is 16.7. The standard InChI is InChI=1S/C15H28N4O6/c1-13(2,9(20)18-16)11-22-5-15(6-23-11)7-24-12(25-8-15)14(3,4)10(21)19-17/h11-12H,5-8,16-17H2,1-4H3,(H,18,20)(H,19,21). The van der Waals surface area contributed by atoms with Crippen molar-refractivity contribution in [3.05, 3.63) is 0 Å². The molecule has 0 aliphatic carbocycles. The Bertz CT molecular complexity index is 459. The van der Waals surface area contributed by atoms with Gasteiger partial charge >= 0.3 is 0 Å². The van der Waals surface area contributed by atoms with E-state index in [4.69, 9.17) is 30.6 Å². The second-order valence-electron chi connectivity index (χ2n) is 7.80. The van der Waals surface area contributed by atoms with Crippen molar-refractivity contribution in [2.24, 2.45) is 27.9 Å². The highest BCUT2D eigenvalue weighted by Crippen LogP contribution is 2.38. The summed E-state index contributed by atoms with van der Waals surface area (Å²) < 4.78 is 23.0. The van der Waals surface area contributed by atoms with Crippen LogP contribution in [0.15, 0.2) is 0 Å². The Kier molecular flexibility index (Phi) is 5.71. The van der Waals surface area contributed by atoms with Crippen LogP contribution in [-0.2, 0) is 28.5 Å². The fourth-order valence-corrected chi connectivity index (χ4v) is 2.78. The van der Waals surface area contributed by atoms with Gasteiger partial charge in [0.15, 0.2) is 12.6 Å². The Morgan fingerprint density at radius 2 is 1.08 bits per heavy atom. The molecule has 1 spiro atoms. The third kappa shape index (κ3) is 3.78. The van der Waals surface area contributed by atoms with Crippen LogP contribution in [-0.4, -0.2) is 50.8 Å². The molecule has 0 aromatic heterocycles. The van der Waals surface area contributed by atoms with Gasteiger partial charge in [-0.15, -0.1) is 0 Å². The quantitative estimate of drug-likeness (QED) is 0.276. The zero-order chi connectivity index (χ0) is 18.9. The van der Waals surface area contributed by atoms with Crippen LogP contribution in [0.1, 0.15) is 27.7 Å². The summed E-state index contributed by atoms with van der Waals surface area (Å²) in [6.07, 6.45) is -1.45. The van der Waals surface area contributed by atoms with E-state index < -0.39 is 28.8 Å². The van der Waals surface area contributed by atoms with Gasteiger partial charge in [0.2, 0.25) is 11.8 Å². The van der Waals surface area contributed by atoms with E-state index in [1.54, 1.807) is 27.7 Å². The molecule has 0 aromatic carbocycles. The largest absolute Gasteiger partial charge is 0.351 e. The Hall–Kier alpha value is -1.30. The van der Waals surface area contributed by atoms with Gasteiger partial charge in [-0.25, -0.2) is 11.7 Å². The number of amides is 2. The number of rotatable bonds is 4. The minimum atomic E-state index is -0.934. The molecule has 2 amide bonds.